The Labute approximate surface area is 193 Å². The molecule has 0 spiro atoms. The smallest absolute Gasteiger partial charge is 0.255 e. The van der Waals surface area contributed by atoms with Crippen LogP contribution in [0, 0.1) is 5.82 Å². The number of nitrogens with one attached hydrogen (secondary N) is 1. The van der Waals surface area contributed by atoms with Gasteiger partial charge in [-0.1, -0.05) is 6.92 Å². The lowest BCUT2D eigenvalue weighted by Crippen LogP contribution is -2.36. The van der Waals surface area contributed by atoms with Crippen molar-refractivity contribution in [1.82, 2.24) is 10.2 Å². The summed E-state index contributed by atoms with van der Waals surface area (Å²) < 4.78 is 46.3. The zero-order chi connectivity index (χ0) is 23.9. The molecule has 4 rings (SSSR count). The number of carbonyl (C=O) groups is 1. The fraction of sp³-hybridized carbons (Fsp3) is 0.375. The summed E-state index contributed by atoms with van der Waals surface area (Å²) in [6, 6.07) is 9.23. The first kappa shape index (κ1) is 23.3. The van der Waals surface area contributed by atoms with Crippen molar-refractivity contribution >= 4 is 32.6 Å². The van der Waals surface area contributed by atoms with E-state index in [9.17, 15) is 17.6 Å². The van der Waals surface area contributed by atoms with Crippen LogP contribution in [0.1, 0.15) is 42.2 Å². The average Bonchev–Trinajstić information content (AvgIpc) is 3.08. The Hall–Kier alpha value is -2.91. The predicted molar refractivity (Wildman–Crippen MR) is 127 cm³/mol. The molecule has 1 aliphatic rings. The van der Waals surface area contributed by atoms with Crippen LogP contribution in [-0.4, -0.2) is 52.2 Å². The van der Waals surface area contributed by atoms with Gasteiger partial charge < -0.3 is 9.73 Å². The summed E-state index contributed by atoms with van der Waals surface area (Å²) in [6.45, 7) is 5.89. The number of amides is 1. The number of sulfonamides is 1. The maximum Gasteiger partial charge on any atom is 0.255 e. The van der Waals surface area contributed by atoms with E-state index in [2.05, 4.69) is 17.1 Å². The Morgan fingerprint density at radius 1 is 1.21 bits per heavy atom. The third-order valence-corrected chi connectivity index (χ3v) is 7.35. The molecule has 1 amide bonds. The van der Waals surface area contributed by atoms with Crippen molar-refractivity contribution < 1.29 is 22.0 Å². The molecule has 1 aliphatic heterocycles. The van der Waals surface area contributed by atoms with Gasteiger partial charge in [0.05, 0.1) is 17.5 Å². The normalized spacial score (nSPS) is 17.1. The van der Waals surface area contributed by atoms with Crippen molar-refractivity contribution in [3.8, 4) is 11.3 Å². The second-order valence-corrected chi connectivity index (χ2v) is 10.3. The summed E-state index contributed by atoms with van der Waals surface area (Å²) >= 11 is 0. The number of rotatable bonds is 5. The van der Waals surface area contributed by atoms with Gasteiger partial charge in [-0.05, 0) is 55.8 Å². The zero-order valence-electron chi connectivity index (χ0n) is 19.2. The van der Waals surface area contributed by atoms with E-state index in [0.29, 0.717) is 46.6 Å². The van der Waals surface area contributed by atoms with Crippen LogP contribution in [0.15, 0.2) is 40.8 Å². The van der Waals surface area contributed by atoms with E-state index in [-0.39, 0.29) is 11.9 Å². The Morgan fingerprint density at radius 3 is 2.52 bits per heavy atom. The van der Waals surface area contributed by atoms with Crippen LogP contribution in [0.2, 0.25) is 0 Å². The van der Waals surface area contributed by atoms with E-state index in [0.717, 1.165) is 18.5 Å². The van der Waals surface area contributed by atoms with Crippen LogP contribution < -0.4 is 9.62 Å². The number of furan rings is 1. The molecule has 9 heteroatoms. The molecule has 1 unspecified atom stereocenters. The summed E-state index contributed by atoms with van der Waals surface area (Å²) in [7, 11) is -1.99. The van der Waals surface area contributed by atoms with E-state index >= 15 is 0 Å². The molecule has 1 atom stereocenters. The van der Waals surface area contributed by atoms with Gasteiger partial charge in [-0.2, -0.15) is 0 Å². The van der Waals surface area contributed by atoms with E-state index in [1.54, 1.807) is 18.2 Å². The number of hydrogen-bond donors (Lipinski definition) is 1. The van der Waals surface area contributed by atoms with Crippen molar-refractivity contribution in [2.45, 2.75) is 26.3 Å². The second kappa shape index (κ2) is 8.79. The number of fused-ring (bicyclic) bond motifs is 2. The molecule has 0 saturated carbocycles. The first-order valence-electron chi connectivity index (χ1n) is 11.0. The van der Waals surface area contributed by atoms with Gasteiger partial charge in [0, 0.05) is 43.2 Å². The minimum absolute atomic E-state index is 0.0576. The number of anilines is 1. The minimum Gasteiger partial charge on any atom is -0.455 e. The van der Waals surface area contributed by atoms with Crippen molar-refractivity contribution in [1.29, 1.82) is 0 Å². The number of carbonyl (C=O) groups excluding carboxylic acids is 1. The third-order valence-electron chi connectivity index (χ3n) is 6.17. The van der Waals surface area contributed by atoms with Crippen LogP contribution in [0.4, 0.5) is 10.1 Å². The quantitative estimate of drug-likeness (QED) is 0.602. The molecule has 0 saturated heterocycles. The summed E-state index contributed by atoms with van der Waals surface area (Å²) in [6.07, 6.45) is 2.13. The Morgan fingerprint density at radius 2 is 1.91 bits per heavy atom. The van der Waals surface area contributed by atoms with Gasteiger partial charge in [-0.3, -0.25) is 14.0 Å². The molecular formula is C24H28FN3O4S. The largest absolute Gasteiger partial charge is 0.455 e. The maximum atomic E-state index is 13.5. The van der Waals surface area contributed by atoms with Crippen LogP contribution >= 0.6 is 0 Å². The highest BCUT2D eigenvalue weighted by molar-refractivity contribution is 7.92. The van der Waals surface area contributed by atoms with Gasteiger partial charge in [0.15, 0.2) is 0 Å². The third kappa shape index (κ3) is 4.22. The molecule has 2 heterocycles. The molecule has 3 aromatic rings. The highest BCUT2D eigenvalue weighted by Crippen LogP contribution is 2.42. The van der Waals surface area contributed by atoms with Crippen LogP contribution in [-0.2, 0) is 10.0 Å². The van der Waals surface area contributed by atoms with Crippen molar-refractivity contribution in [3.05, 3.63) is 53.3 Å². The number of benzene rings is 2. The number of hydrogen-bond acceptors (Lipinski definition) is 5. The van der Waals surface area contributed by atoms with Gasteiger partial charge in [-0.25, -0.2) is 12.8 Å². The summed E-state index contributed by atoms with van der Waals surface area (Å²) in [5, 5.41) is 3.25. The fourth-order valence-electron chi connectivity index (χ4n) is 4.52. The second-order valence-electron chi connectivity index (χ2n) is 8.35. The zero-order valence-corrected chi connectivity index (χ0v) is 20.0. The predicted octanol–water partition coefficient (Wildman–Crippen LogP) is 4.15. The molecule has 7 nitrogen and oxygen atoms in total. The molecule has 1 N–H and O–H groups in total. The van der Waals surface area contributed by atoms with Crippen LogP contribution in [0.5, 0.6) is 0 Å². The average molecular weight is 474 g/mol. The first-order chi connectivity index (χ1) is 15.7. The molecule has 0 bridgehead atoms. The van der Waals surface area contributed by atoms with Gasteiger partial charge in [-0.15, -0.1) is 0 Å². The van der Waals surface area contributed by atoms with Gasteiger partial charge in [0.2, 0.25) is 10.0 Å². The lowest BCUT2D eigenvalue weighted by molar-refractivity contribution is 0.0964. The van der Waals surface area contributed by atoms with E-state index in [1.807, 2.05) is 13.0 Å². The van der Waals surface area contributed by atoms with Crippen LogP contribution in [0.3, 0.4) is 0 Å². The summed E-state index contributed by atoms with van der Waals surface area (Å²) in [5.74, 6) is -0.412. The fourth-order valence-corrected chi connectivity index (χ4v) is 5.45. The Balaban J connectivity index is 2.01. The molecule has 2 aromatic carbocycles. The van der Waals surface area contributed by atoms with Crippen LogP contribution in [0.25, 0.3) is 22.3 Å². The SMILES string of the molecule is CCCN1CCN(S(C)(=O)=O)c2cc3oc(-c4ccc(F)cc4)c(C(=O)NC)c3cc2C1C. The molecule has 33 heavy (non-hydrogen) atoms. The lowest BCUT2D eigenvalue weighted by Gasteiger charge is -2.26. The Bertz CT molecular complexity index is 1300. The number of nitrogens with zero attached hydrogens (tertiary/aromatic N) is 2. The van der Waals surface area contributed by atoms with E-state index < -0.39 is 15.8 Å². The highest BCUT2D eigenvalue weighted by Gasteiger charge is 2.32. The minimum atomic E-state index is -3.53. The van der Waals surface area contributed by atoms with Gasteiger partial charge in [0.25, 0.3) is 5.91 Å². The monoisotopic (exact) mass is 473 g/mol. The maximum absolute atomic E-state index is 13.5. The van der Waals surface area contributed by atoms with Crippen molar-refractivity contribution in [2.24, 2.45) is 0 Å². The summed E-state index contributed by atoms with van der Waals surface area (Å²) in [4.78, 5) is 15.1. The first-order valence-corrected chi connectivity index (χ1v) is 12.8. The Kier molecular flexibility index (Phi) is 6.20. The molecule has 0 fully saturated rings. The molecular weight excluding hydrogens is 445 g/mol. The topological polar surface area (TPSA) is 82.9 Å². The standard InChI is InChI=1S/C24H28FN3O4S/c1-5-10-27-11-12-28(33(4,30)31)20-14-21-19(13-18(20)15(27)2)22(24(29)26-3)23(32-21)16-6-8-17(25)9-7-16/h6-9,13-15H,5,10-12H2,1-4H3,(H,26,29). The lowest BCUT2D eigenvalue weighted by atomic mass is 9.99. The summed E-state index contributed by atoms with van der Waals surface area (Å²) in [5.41, 5.74) is 2.67. The van der Waals surface area contributed by atoms with Gasteiger partial charge >= 0.3 is 0 Å². The molecule has 1 aromatic heterocycles. The highest BCUT2D eigenvalue weighted by atomic mass is 32.2. The van der Waals surface area contributed by atoms with E-state index in [4.69, 9.17) is 4.42 Å². The van der Waals surface area contributed by atoms with Gasteiger partial charge in [0.1, 0.15) is 17.2 Å². The molecule has 176 valence electrons. The van der Waals surface area contributed by atoms with E-state index in [1.165, 1.54) is 29.7 Å². The van der Waals surface area contributed by atoms with Crippen molar-refractivity contribution in [2.75, 3.05) is 37.2 Å². The van der Waals surface area contributed by atoms with Crippen molar-refractivity contribution in [3.63, 3.8) is 0 Å². The molecule has 0 radical (unpaired) electrons. The number of halogens is 1. The molecule has 0 aliphatic carbocycles.